The molecule has 0 saturated carbocycles. The zero-order chi connectivity index (χ0) is 19.9. The molecule has 150 valence electrons. The fraction of sp³-hybridized carbons (Fsp3) is 0.524. The fourth-order valence-corrected chi connectivity index (χ4v) is 3.37. The Morgan fingerprint density at radius 2 is 1.43 bits per heavy atom. The van der Waals surface area contributed by atoms with E-state index in [4.69, 9.17) is 4.42 Å². The van der Waals surface area contributed by atoms with Gasteiger partial charge in [0.1, 0.15) is 0 Å². The van der Waals surface area contributed by atoms with Crippen LogP contribution in [0.5, 0.6) is 0 Å². The van der Waals surface area contributed by atoms with E-state index in [0.717, 1.165) is 12.8 Å². The van der Waals surface area contributed by atoms with Crippen LogP contribution in [0.3, 0.4) is 0 Å². The van der Waals surface area contributed by atoms with Crippen LogP contribution in [0, 0.1) is 6.92 Å². The van der Waals surface area contributed by atoms with Gasteiger partial charge in [-0.2, -0.15) is 0 Å². The van der Waals surface area contributed by atoms with Crippen molar-refractivity contribution in [3.05, 3.63) is 47.2 Å². The van der Waals surface area contributed by atoms with Crippen LogP contribution in [-0.2, 0) is 28.9 Å². The number of aromatic nitrogens is 2. The molecule has 28 heavy (non-hydrogen) atoms. The number of aryl methyl sites for hydroxylation is 4. The molecule has 0 N–H and O–H groups in total. The molecule has 0 radical (unpaired) electrons. The van der Waals surface area contributed by atoms with Gasteiger partial charge in [-0.25, -0.2) is 0 Å². The van der Waals surface area contributed by atoms with Crippen molar-refractivity contribution >= 4 is 11.8 Å². The standard InChI is InChI=1S/C21H28N4O3/c1-3-17-4-6-18(7-5-17)8-10-20(26)24-12-14-25(15-13-24)21(27)11-9-19-23-22-16(2)28-19/h4-7H,3,8-15H2,1-2H3. The zero-order valence-electron chi connectivity index (χ0n) is 16.7. The SMILES string of the molecule is CCc1ccc(CCC(=O)N2CCN(C(=O)CCc3nnc(C)o3)CC2)cc1. The lowest BCUT2D eigenvalue weighted by Gasteiger charge is -2.35. The number of benzene rings is 1. The van der Waals surface area contributed by atoms with Crippen molar-refractivity contribution < 1.29 is 14.0 Å². The molecular weight excluding hydrogens is 356 g/mol. The second-order valence-corrected chi connectivity index (χ2v) is 7.15. The van der Waals surface area contributed by atoms with Gasteiger partial charge in [0.25, 0.3) is 0 Å². The lowest BCUT2D eigenvalue weighted by Crippen LogP contribution is -2.50. The number of hydrogen-bond donors (Lipinski definition) is 0. The summed E-state index contributed by atoms with van der Waals surface area (Å²) in [6.45, 7) is 6.22. The van der Waals surface area contributed by atoms with Crippen molar-refractivity contribution in [3.8, 4) is 0 Å². The summed E-state index contributed by atoms with van der Waals surface area (Å²) in [4.78, 5) is 28.5. The van der Waals surface area contributed by atoms with Crippen LogP contribution in [0.1, 0.15) is 42.7 Å². The number of carbonyl (C=O) groups excluding carboxylic acids is 2. The normalized spacial score (nSPS) is 14.4. The monoisotopic (exact) mass is 384 g/mol. The van der Waals surface area contributed by atoms with E-state index in [1.165, 1.54) is 11.1 Å². The van der Waals surface area contributed by atoms with E-state index in [0.29, 0.717) is 57.2 Å². The van der Waals surface area contributed by atoms with E-state index in [1.807, 2.05) is 9.80 Å². The maximum absolute atomic E-state index is 12.5. The maximum atomic E-state index is 12.5. The smallest absolute Gasteiger partial charge is 0.223 e. The van der Waals surface area contributed by atoms with E-state index in [9.17, 15) is 9.59 Å². The number of nitrogens with zero attached hydrogens (tertiary/aromatic N) is 4. The maximum Gasteiger partial charge on any atom is 0.223 e. The van der Waals surface area contributed by atoms with Crippen molar-refractivity contribution in [1.29, 1.82) is 0 Å². The molecule has 0 bridgehead atoms. The summed E-state index contributed by atoms with van der Waals surface area (Å²) >= 11 is 0. The average Bonchev–Trinajstić information content (AvgIpc) is 3.16. The van der Waals surface area contributed by atoms with Gasteiger partial charge in [-0.05, 0) is 24.0 Å². The van der Waals surface area contributed by atoms with E-state index in [1.54, 1.807) is 6.92 Å². The molecule has 3 rings (SSSR count). The number of rotatable bonds is 7. The van der Waals surface area contributed by atoms with Gasteiger partial charge in [0.15, 0.2) is 0 Å². The Balaban J connectivity index is 1.38. The van der Waals surface area contributed by atoms with E-state index in [-0.39, 0.29) is 11.8 Å². The second kappa shape index (κ2) is 9.48. The fourth-order valence-electron chi connectivity index (χ4n) is 3.37. The molecule has 0 unspecified atom stereocenters. The number of carbonyl (C=O) groups is 2. The Kier molecular flexibility index (Phi) is 6.79. The van der Waals surface area contributed by atoms with Crippen LogP contribution in [0.15, 0.2) is 28.7 Å². The average molecular weight is 384 g/mol. The number of piperazine rings is 1. The zero-order valence-corrected chi connectivity index (χ0v) is 16.7. The molecule has 2 aromatic rings. The summed E-state index contributed by atoms with van der Waals surface area (Å²) in [7, 11) is 0. The molecule has 1 aliphatic heterocycles. The summed E-state index contributed by atoms with van der Waals surface area (Å²) in [5.74, 6) is 1.23. The Labute approximate surface area is 165 Å². The Bertz CT molecular complexity index is 792. The van der Waals surface area contributed by atoms with Gasteiger partial charge in [-0.1, -0.05) is 31.2 Å². The van der Waals surface area contributed by atoms with Crippen molar-refractivity contribution in [2.75, 3.05) is 26.2 Å². The van der Waals surface area contributed by atoms with Gasteiger partial charge in [-0.3, -0.25) is 9.59 Å². The summed E-state index contributed by atoms with van der Waals surface area (Å²) in [6.07, 6.45) is 3.09. The highest BCUT2D eigenvalue weighted by atomic mass is 16.4. The predicted molar refractivity (Wildman–Crippen MR) is 105 cm³/mol. The lowest BCUT2D eigenvalue weighted by atomic mass is 10.1. The predicted octanol–water partition coefficient (Wildman–Crippen LogP) is 2.18. The van der Waals surface area contributed by atoms with Crippen LogP contribution >= 0.6 is 0 Å². The minimum absolute atomic E-state index is 0.0685. The van der Waals surface area contributed by atoms with E-state index < -0.39 is 0 Å². The molecule has 0 atom stereocenters. The third-order valence-corrected chi connectivity index (χ3v) is 5.16. The Morgan fingerprint density at radius 1 is 0.893 bits per heavy atom. The molecular formula is C21H28N4O3. The van der Waals surface area contributed by atoms with Crippen LogP contribution in [-0.4, -0.2) is 58.0 Å². The molecule has 1 aromatic carbocycles. The molecule has 1 fully saturated rings. The highest BCUT2D eigenvalue weighted by Gasteiger charge is 2.24. The summed E-state index contributed by atoms with van der Waals surface area (Å²) in [5, 5.41) is 7.68. The van der Waals surface area contributed by atoms with Crippen LogP contribution in [0.25, 0.3) is 0 Å². The highest BCUT2D eigenvalue weighted by molar-refractivity contribution is 5.78. The molecule has 7 nitrogen and oxygen atoms in total. The Hall–Kier alpha value is -2.70. The molecule has 2 heterocycles. The molecule has 0 aliphatic carbocycles. The number of hydrogen-bond acceptors (Lipinski definition) is 5. The lowest BCUT2D eigenvalue weighted by molar-refractivity contribution is -0.139. The molecule has 2 amide bonds. The van der Waals surface area contributed by atoms with Crippen molar-refractivity contribution in [1.82, 2.24) is 20.0 Å². The van der Waals surface area contributed by atoms with E-state index >= 15 is 0 Å². The molecule has 1 aromatic heterocycles. The van der Waals surface area contributed by atoms with Gasteiger partial charge >= 0.3 is 0 Å². The van der Waals surface area contributed by atoms with E-state index in [2.05, 4.69) is 41.4 Å². The van der Waals surface area contributed by atoms with Crippen LogP contribution in [0.2, 0.25) is 0 Å². The van der Waals surface area contributed by atoms with Crippen LogP contribution in [0.4, 0.5) is 0 Å². The van der Waals surface area contributed by atoms with Gasteiger partial charge < -0.3 is 14.2 Å². The van der Waals surface area contributed by atoms with Gasteiger partial charge in [0.05, 0.1) is 0 Å². The first-order valence-electron chi connectivity index (χ1n) is 9.97. The first-order chi connectivity index (χ1) is 13.5. The third-order valence-electron chi connectivity index (χ3n) is 5.16. The first-order valence-corrected chi connectivity index (χ1v) is 9.97. The minimum Gasteiger partial charge on any atom is -0.426 e. The molecule has 0 spiro atoms. The quantitative estimate of drug-likeness (QED) is 0.731. The first kappa shape index (κ1) is 20.0. The summed E-state index contributed by atoms with van der Waals surface area (Å²) in [5.41, 5.74) is 2.50. The summed E-state index contributed by atoms with van der Waals surface area (Å²) in [6, 6.07) is 8.46. The van der Waals surface area contributed by atoms with Crippen molar-refractivity contribution in [2.45, 2.75) is 46.0 Å². The topological polar surface area (TPSA) is 79.5 Å². The van der Waals surface area contributed by atoms with Gasteiger partial charge in [0.2, 0.25) is 23.6 Å². The summed E-state index contributed by atoms with van der Waals surface area (Å²) < 4.78 is 5.30. The van der Waals surface area contributed by atoms with Crippen LogP contribution < -0.4 is 0 Å². The second-order valence-electron chi connectivity index (χ2n) is 7.15. The third kappa shape index (κ3) is 5.41. The molecule has 1 aliphatic rings. The van der Waals surface area contributed by atoms with Gasteiger partial charge in [-0.15, -0.1) is 10.2 Å². The highest BCUT2D eigenvalue weighted by Crippen LogP contribution is 2.11. The van der Waals surface area contributed by atoms with Gasteiger partial charge in [0, 0.05) is 52.4 Å². The minimum atomic E-state index is 0.0685. The number of amides is 2. The molecule has 7 heteroatoms. The molecule has 1 saturated heterocycles. The largest absolute Gasteiger partial charge is 0.426 e. The van der Waals surface area contributed by atoms with Crippen molar-refractivity contribution in [2.24, 2.45) is 0 Å². The Morgan fingerprint density at radius 3 is 1.93 bits per heavy atom. The van der Waals surface area contributed by atoms with Crippen molar-refractivity contribution in [3.63, 3.8) is 0 Å².